The predicted octanol–water partition coefficient (Wildman–Crippen LogP) is 11.9. The van der Waals surface area contributed by atoms with E-state index in [-0.39, 0.29) is 24.2 Å². The van der Waals surface area contributed by atoms with Crippen molar-refractivity contribution < 1.29 is 9.59 Å². The number of pyridine rings is 2. The molecule has 4 aromatic heterocycles. The van der Waals surface area contributed by atoms with Gasteiger partial charge in [0.2, 0.25) is 0 Å². The number of fused-ring (bicyclic) bond motifs is 2. The lowest BCUT2D eigenvalue weighted by molar-refractivity contribution is 0.0704. The van der Waals surface area contributed by atoms with Gasteiger partial charge in [-0.05, 0) is 161 Å². The molecule has 4 saturated heterocycles. The average molecular weight is 1050 g/mol. The van der Waals surface area contributed by atoms with Crippen LogP contribution in [-0.2, 0) is 0 Å². The van der Waals surface area contributed by atoms with Gasteiger partial charge in [0.25, 0.3) is 11.8 Å². The van der Waals surface area contributed by atoms with Gasteiger partial charge in [-0.3, -0.25) is 9.59 Å². The van der Waals surface area contributed by atoms with E-state index in [0.29, 0.717) is 23.0 Å². The first-order chi connectivity index (χ1) is 37.0. The molecule has 4 aliphatic rings. The summed E-state index contributed by atoms with van der Waals surface area (Å²) in [6.45, 7) is 15.2. The van der Waals surface area contributed by atoms with E-state index in [2.05, 4.69) is 80.0 Å². The summed E-state index contributed by atoms with van der Waals surface area (Å²) in [4.78, 5) is 61.9. The lowest BCUT2D eigenvalue weighted by Gasteiger charge is -2.32. The highest BCUT2D eigenvalue weighted by Crippen LogP contribution is 2.35. The summed E-state index contributed by atoms with van der Waals surface area (Å²) in [5.74, 6) is 4.49. The van der Waals surface area contributed by atoms with E-state index in [4.69, 9.17) is 20.5 Å². The number of carbonyl (C=O) groups is 2. The van der Waals surface area contributed by atoms with Crippen molar-refractivity contribution >= 4 is 57.9 Å². The van der Waals surface area contributed by atoms with Gasteiger partial charge in [0.05, 0.1) is 57.7 Å². The molecular formula is C62H65ClN12O2. The van der Waals surface area contributed by atoms with Crippen molar-refractivity contribution in [1.29, 1.82) is 10.5 Å². The number of imidazole rings is 2. The highest BCUT2D eigenvalue weighted by atomic mass is 35.5. The van der Waals surface area contributed by atoms with Crippen molar-refractivity contribution in [2.45, 2.75) is 90.9 Å². The number of carbonyl (C=O) groups excluding carboxylic acids is 2. The summed E-state index contributed by atoms with van der Waals surface area (Å²) < 4.78 is 0. The highest BCUT2D eigenvalue weighted by molar-refractivity contribution is 5.98. The maximum Gasteiger partial charge on any atom is 0.254 e. The van der Waals surface area contributed by atoms with Crippen LogP contribution >= 0.6 is 12.4 Å². The largest absolute Gasteiger partial charge is 0.357 e. The predicted molar refractivity (Wildman–Crippen MR) is 306 cm³/mol. The van der Waals surface area contributed by atoms with Crippen LogP contribution in [0.5, 0.6) is 0 Å². The van der Waals surface area contributed by atoms with Crippen LogP contribution in [0.15, 0.2) is 97.3 Å². The number of nitrogens with one attached hydrogen (secondary N) is 2. The van der Waals surface area contributed by atoms with E-state index in [0.717, 1.165) is 168 Å². The number of aromatic nitrogens is 6. The Balaban J connectivity index is 0.000000172. The topological polar surface area (TPSA) is 178 Å². The Morgan fingerprint density at radius 3 is 1.22 bits per heavy atom. The monoisotopic (exact) mass is 1040 g/mol. The van der Waals surface area contributed by atoms with E-state index in [1.54, 1.807) is 0 Å². The highest BCUT2D eigenvalue weighted by Gasteiger charge is 2.29. The zero-order valence-corrected chi connectivity index (χ0v) is 45.2. The van der Waals surface area contributed by atoms with E-state index in [1.807, 2.05) is 96.7 Å². The standard InChI is InChI=1S/2C31H32N6O.ClH/c2*1-20-15-21(2)26(31(38)37-13-9-24(10-14-37)23-7-5-22(18-32)6-8-23)16-25(20)30-34-27-17-29(33-19-28(27)35-30)36-11-3-4-12-36;/h2*5-8,15-17,19,24H,3-4,9-14H2,1-2H3,(H,34,35);1H. The number of hydrogen-bond donors (Lipinski definition) is 2. The fraction of sp³-hybridized carbons (Fsp3) is 0.355. The van der Waals surface area contributed by atoms with Crippen LogP contribution in [0.25, 0.3) is 44.8 Å². The molecule has 14 nitrogen and oxygen atoms in total. The van der Waals surface area contributed by atoms with Gasteiger partial charge in [-0.1, -0.05) is 36.4 Å². The van der Waals surface area contributed by atoms with E-state index in [9.17, 15) is 9.59 Å². The fourth-order valence-electron chi connectivity index (χ4n) is 11.8. The van der Waals surface area contributed by atoms with E-state index >= 15 is 0 Å². The number of aromatic amines is 2. The second-order valence-corrected chi connectivity index (χ2v) is 21.2. The molecule has 4 aliphatic heterocycles. The van der Waals surface area contributed by atoms with Crippen LogP contribution in [0.1, 0.15) is 128 Å². The summed E-state index contributed by atoms with van der Waals surface area (Å²) in [6.07, 6.45) is 12.2. The zero-order valence-electron chi connectivity index (χ0n) is 44.4. The van der Waals surface area contributed by atoms with Crippen molar-refractivity contribution in [2.75, 3.05) is 62.2 Å². The van der Waals surface area contributed by atoms with Crippen molar-refractivity contribution in [1.82, 2.24) is 39.7 Å². The van der Waals surface area contributed by atoms with Crippen molar-refractivity contribution in [3.8, 4) is 34.9 Å². The smallest absolute Gasteiger partial charge is 0.254 e. The van der Waals surface area contributed by atoms with E-state index < -0.39 is 0 Å². The third-order valence-corrected chi connectivity index (χ3v) is 16.3. The summed E-state index contributed by atoms with van der Waals surface area (Å²) in [5, 5.41) is 18.1. The first-order valence-electron chi connectivity index (χ1n) is 27.0. The molecule has 8 aromatic rings. The average Bonchev–Trinajstić information content (AvgIpc) is 4.38. The second-order valence-electron chi connectivity index (χ2n) is 21.2. The molecule has 15 heteroatoms. The zero-order chi connectivity index (χ0) is 52.5. The maximum absolute atomic E-state index is 13.6. The lowest BCUT2D eigenvalue weighted by atomic mass is 9.88. The Kier molecular flexibility index (Phi) is 15.4. The van der Waals surface area contributed by atoms with Gasteiger partial charge in [0, 0.05) is 86.7 Å². The third kappa shape index (κ3) is 11.0. The van der Waals surface area contributed by atoms with Gasteiger partial charge in [0.1, 0.15) is 23.3 Å². The quantitative estimate of drug-likeness (QED) is 0.149. The van der Waals surface area contributed by atoms with Crippen molar-refractivity contribution in [3.63, 3.8) is 0 Å². The van der Waals surface area contributed by atoms with Crippen LogP contribution in [0.3, 0.4) is 0 Å². The molecular weight excluding hydrogens is 980 g/mol. The number of benzene rings is 4. The van der Waals surface area contributed by atoms with Gasteiger partial charge in [-0.25, -0.2) is 19.9 Å². The molecule has 0 radical (unpaired) electrons. The molecule has 0 saturated carbocycles. The number of likely N-dealkylation sites (tertiary alicyclic amines) is 2. The molecule has 77 heavy (non-hydrogen) atoms. The van der Waals surface area contributed by atoms with Crippen LogP contribution in [-0.4, -0.2) is 104 Å². The molecule has 8 heterocycles. The van der Waals surface area contributed by atoms with Crippen molar-refractivity contribution in [2.24, 2.45) is 0 Å². The molecule has 0 aliphatic carbocycles. The van der Waals surface area contributed by atoms with Gasteiger partial charge >= 0.3 is 0 Å². The van der Waals surface area contributed by atoms with E-state index in [1.165, 1.54) is 36.8 Å². The van der Waals surface area contributed by atoms with Gasteiger partial charge in [0.15, 0.2) is 0 Å². The number of nitrogens with zero attached hydrogens (tertiary/aromatic N) is 10. The number of amides is 2. The molecule has 2 N–H and O–H groups in total. The number of piperidine rings is 2. The van der Waals surface area contributed by atoms with Gasteiger partial charge in [-0.2, -0.15) is 10.5 Å². The molecule has 2 amide bonds. The van der Waals surface area contributed by atoms with Crippen LogP contribution in [0.4, 0.5) is 11.6 Å². The lowest BCUT2D eigenvalue weighted by Crippen LogP contribution is -2.38. The normalized spacial score (nSPS) is 16.0. The minimum absolute atomic E-state index is 0. The van der Waals surface area contributed by atoms with Crippen LogP contribution in [0, 0.1) is 50.4 Å². The first kappa shape index (κ1) is 52.4. The Labute approximate surface area is 456 Å². The number of hydrogen-bond acceptors (Lipinski definition) is 10. The number of aryl methyl sites for hydroxylation is 4. The summed E-state index contributed by atoms with van der Waals surface area (Å²) in [6, 6.07) is 32.4. The Morgan fingerprint density at radius 1 is 0.506 bits per heavy atom. The fourth-order valence-corrected chi connectivity index (χ4v) is 11.8. The van der Waals surface area contributed by atoms with Gasteiger partial charge in [-0.15, -0.1) is 12.4 Å². The maximum atomic E-state index is 13.6. The minimum atomic E-state index is 0. The number of halogens is 1. The van der Waals surface area contributed by atoms with Gasteiger partial charge < -0.3 is 29.6 Å². The molecule has 0 bridgehead atoms. The van der Waals surface area contributed by atoms with Crippen LogP contribution in [0.2, 0.25) is 0 Å². The molecule has 392 valence electrons. The minimum Gasteiger partial charge on any atom is -0.357 e. The number of nitriles is 2. The summed E-state index contributed by atoms with van der Waals surface area (Å²) in [7, 11) is 0. The number of rotatable bonds is 8. The van der Waals surface area contributed by atoms with Crippen LogP contribution < -0.4 is 9.80 Å². The Hall–Kier alpha value is -8.07. The third-order valence-electron chi connectivity index (χ3n) is 16.3. The first-order valence-corrected chi connectivity index (χ1v) is 27.0. The SMILES string of the molecule is Cc1cc(C)c(-c2nc3cc(N4CCCC4)ncc3[nH]2)cc1C(=O)N1CCC(c2ccc(C#N)cc2)CC1.Cc1cc(C)c(-c2nc3cc(N4CCCC4)ncc3[nH]2)cc1C(=O)N1CCC(c2ccc(C#N)cc2)CC1.Cl. The molecule has 12 rings (SSSR count). The summed E-state index contributed by atoms with van der Waals surface area (Å²) >= 11 is 0. The molecule has 0 spiro atoms. The Bertz CT molecular complexity index is 3310. The molecule has 4 fully saturated rings. The second kappa shape index (κ2) is 22.6. The number of H-pyrrole nitrogens is 2. The summed E-state index contributed by atoms with van der Waals surface area (Å²) in [5.41, 5.74) is 15.0. The molecule has 0 atom stereocenters. The van der Waals surface area contributed by atoms with Crippen molar-refractivity contribution in [3.05, 3.63) is 153 Å². The Morgan fingerprint density at radius 2 is 0.870 bits per heavy atom. The molecule has 0 unspecified atom stereocenters. The molecule has 4 aromatic carbocycles. The number of anilines is 2.